The van der Waals surface area contributed by atoms with Gasteiger partial charge in [0.25, 0.3) is 0 Å². The third-order valence-electron chi connectivity index (χ3n) is 5.03. The standard InChI is InChI=1S/C27H46O/c1-23(2)13-9-16-26(5)19-10-17-24(3)14-7-8-15-25(4)18-11-20-27(6)21-12-22-28/h7,13-15,19-20,24,28H,8-12,16-18,21-22H2,1-6H3. The first kappa shape index (κ1) is 26.7. The van der Waals surface area contributed by atoms with Gasteiger partial charge in [0.1, 0.15) is 0 Å². The minimum Gasteiger partial charge on any atom is -0.396 e. The molecule has 0 saturated carbocycles. The highest BCUT2D eigenvalue weighted by molar-refractivity contribution is 5.06. The van der Waals surface area contributed by atoms with E-state index in [4.69, 9.17) is 5.11 Å². The van der Waals surface area contributed by atoms with Crippen molar-refractivity contribution < 1.29 is 5.11 Å². The molecule has 1 heteroatoms. The predicted octanol–water partition coefficient (Wildman–Crippen LogP) is 8.49. The highest BCUT2D eigenvalue weighted by atomic mass is 16.2. The maximum absolute atomic E-state index is 8.86. The van der Waals surface area contributed by atoms with Gasteiger partial charge in [-0.3, -0.25) is 0 Å². The van der Waals surface area contributed by atoms with Gasteiger partial charge in [-0.05, 0) is 98.3 Å². The normalized spacial score (nSPS) is 14.6. The molecular weight excluding hydrogens is 340 g/mol. The third kappa shape index (κ3) is 18.0. The lowest BCUT2D eigenvalue weighted by molar-refractivity contribution is 0.288. The van der Waals surface area contributed by atoms with Crippen molar-refractivity contribution in [2.24, 2.45) is 5.92 Å². The van der Waals surface area contributed by atoms with E-state index in [1.807, 2.05) is 0 Å². The topological polar surface area (TPSA) is 20.2 Å². The second kappa shape index (κ2) is 17.7. The molecule has 0 aromatic heterocycles. The minimum absolute atomic E-state index is 0.293. The minimum atomic E-state index is 0.293. The van der Waals surface area contributed by atoms with E-state index in [0.29, 0.717) is 12.5 Å². The van der Waals surface area contributed by atoms with Gasteiger partial charge in [0.05, 0.1) is 0 Å². The van der Waals surface area contributed by atoms with Gasteiger partial charge in [-0.15, -0.1) is 0 Å². The van der Waals surface area contributed by atoms with Gasteiger partial charge in [-0.1, -0.05) is 65.7 Å². The fourth-order valence-electron chi connectivity index (χ4n) is 3.07. The van der Waals surface area contributed by atoms with E-state index in [1.165, 1.54) is 48.0 Å². The Morgan fingerprint density at radius 1 is 0.750 bits per heavy atom. The maximum atomic E-state index is 8.86. The summed E-state index contributed by atoms with van der Waals surface area (Å²) in [5.74, 6) is 0.646. The fourth-order valence-corrected chi connectivity index (χ4v) is 3.07. The average molecular weight is 387 g/mol. The van der Waals surface area contributed by atoms with E-state index in [9.17, 15) is 0 Å². The van der Waals surface area contributed by atoms with Crippen molar-refractivity contribution in [1.82, 2.24) is 0 Å². The lowest BCUT2D eigenvalue weighted by Gasteiger charge is -2.05. The smallest absolute Gasteiger partial charge is 0.0434 e. The Bertz CT molecular complexity index is 539. The number of hydrogen-bond donors (Lipinski definition) is 1. The van der Waals surface area contributed by atoms with Gasteiger partial charge in [-0.25, -0.2) is 0 Å². The molecule has 0 aromatic carbocycles. The Hall–Kier alpha value is -1.34. The fraction of sp³-hybridized carbons (Fsp3) is 0.630. The molecule has 1 N–H and O–H groups in total. The molecule has 0 fully saturated rings. The summed E-state index contributed by atoms with van der Waals surface area (Å²) < 4.78 is 0. The van der Waals surface area contributed by atoms with Crippen molar-refractivity contribution in [2.45, 2.75) is 99.3 Å². The molecule has 1 nitrogen and oxygen atoms in total. The molecule has 0 amide bonds. The molecule has 1 unspecified atom stereocenters. The van der Waals surface area contributed by atoms with E-state index in [2.05, 4.69) is 78.0 Å². The molecule has 0 heterocycles. The van der Waals surface area contributed by atoms with Crippen LogP contribution in [0.25, 0.3) is 0 Å². The van der Waals surface area contributed by atoms with Crippen LogP contribution in [0.5, 0.6) is 0 Å². The molecule has 0 radical (unpaired) electrons. The Balaban J connectivity index is 4.01. The van der Waals surface area contributed by atoms with Gasteiger partial charge < -0.3 is 5.11 Å². The van der Waals surface area contributed by atoms with Crippen LogP contribution >= 0.6 is 0 Å². The van der Waals surface area contributed by atoms with Crippen LogP contribution in [0, 0.1) is 5.92 Å². The monoisotopic (exact) mass is 386 g/mol. The summed E-state index contributed by atoms with van der Waals surface area (Å²) in [5.41, 5.74) is 5.81. The highest BCUT2D eigenvalue weighted by Crippen LogP contribution is 2.14. The Morgan fingerprint density at radius 3 is 1.96 bits per heavy atom. The van der Waals surface area contributed by atoms with Gasteiger partial charge in [0, 0.05) is 6.61 Å². The number of aliphatic hydroxyl groups excluding tert-OH is 1. The molecule has 1 atom stereocenters. The van der Waals surface area contributed by atoms with E-state index < -0.39 is 0 Å². The molecule has 160 valence electrons. The van der Waals surface area contributed by atoms with Crippen LogP contribution in [-0.4, -0.2) is 11.7 Å². The summed E-state index contributed by atoms with van der Waals surface area (Å²) in [4.78, 5) is 0. The molecule has 0 aromatic rings. The lowest BCUT2D eigenvalue weighted by Crippen LogP contribution is -1.88. The summed E-state index contributed by atoms with van der Waals surface area (Å²) in [6.45, 7) is 13.6. The largest absolute Gasteiger partial charge is 0.396 e. The summed E-state index contributed by atoms with van der Waals surface area (Å²) in [6, 6.07) is 0. The Morgan fingerprint density at radius 2 is 1.32 bits per heavy atom. The molecule has 0 aliphatic carbocycles. The predicted molar refractivity (Wildman–Crippen MR) is 128 cm³/mol. The van der Waals surface area contributed by atoms with Crippen LogP contribution in [0.2, 0.25) is 0 Å². The van der Waals surface area contributed by atoms with Crippen LogP contribution in [0.3, 0.4) is 0 Å². The number of hydrogen-bond acceptors (Lipinski definition) is 1. The molecule has 28 heavy (non-hydrogen) atoms. The van der Waals surface area contributed by atoms with E-state index >= 15 is 0 Å². The summed E-state index contributed by atoms with van der Waals surface area (Å²) in [6.07, 6.45) is 24.1. The number of rotatable bonds is 15. The van der Waals surface area contributed by atoms with Crippen LogP contribution < -0.4 is 0 Å². The van der Waals surface area contributed by atoms with E-state index in [0.717, 1.165) is 32.1 Å². The van der Waals surface area contributed by atoms with Crippen LogP contribution in [0.1, 0.15) is 99.3 Å². The summed E-state index contributed by atoms with van der Waals surface area (Å²) in [5, 5.41) is 8.86. The Labute approximate surface area is 176 Å². The van der Waals surface area contributed by atoms with Gasteiger partial charge in [0.15, 0.2) is 0 Å². The first-order chi connectivity index (χ1) is 13.3. The molecule has 0 rings (SSSR count). The second-order valence-electron chi connectivity index (χ2n) is 8.56. The zero-order valence-corrected chi connectivity index (χ0v) is 19.6. The Kier molecular flexibility index (Phi) is 16.9. The van der Waals surface area contributed by atoms with Gasteiger partial charge in [-0.2, -0.15) is 0 Å². The highest BCUT2D eigenvalue weighted by Gasteiger charge is 1.96. The van der Waals surface area contributed by atoms with Crippen molar-refractivity contribution in [3.05, 3.63) is 58.7 Å². The maximum Gasteiger partial charge on any atom is 0.0434 e. The van der Waals surface area contributed by atoms with Crippen LogP contribution in [0.15, 0.2) is 58.7 Å². The number of allylic oxidation sites excluding steroid dienone is 10. The first-order valence-corrected chi connectivity index (χ1v) is 11.2. The van der Waals surface area contributed by atoms with E-state index in [-0.39, 0.29) is 0 Å². The molecular formula is C27H46O. The van der Waals surface area contributed by atoms with Crippen LogP contribution in [-0.2, 0) is 0 Å². The zero-order valence-electron chi connectivity index (χ0n) is 19.6. The molecule has 0 aliphatic heterocycles. The molecule has 0 saturated heterocycles. The zero-order chi connectivity index (χ0) is 21.2. The second-order valence-corrected chi connectivity index (χ2v) is 8.56. The molecule has 0 aliphatic rings. The lowest BCUT2D eigenvalue weighted by atomic mass is 10.0. The van der Waals surface area contributed by atoms with Crippen molar-refractivity contribution in [3.8, 4) is 0 Å². The van der Waals surface area contributed by atoms with Crippen molar-refractivity contribution in [3.63, 3.8) is 0 Å². The SMILES string of the molecule is CC(C)=CCCC(C)=CCCC(C)C=CCC=C(C)CCC=C(C)CCCO. The first-order valence-electron chi connectivity index (χ1n) is 11.2. The molecule has 0 spiro atoms. The van der Waals surface area contributed by atoms with Crippen molar-refractivity contribution >= 4 is 0 Å². The average Bonchev–Trinajstić information content (AvgIpc) is 2.63. The molecule has 0 bridgehead atoms. The van der Waals surface area contributed by atoms with Crippen molar-refractivity contribution in [2.75, 3.05) is 6.61 Å². The van der Waals surface area contributed by atoms with Crippen molar-refractivity contribution in [1.29, 1.82) is 0 Å². The summed E-state index contributed by atoms with van der Waals surface area (Å²) >= 11 is 0. The van der Waals surface area contributed by atoms with E-state index in [1.54, 1.807) is 0 Å². The quantitative estimate of drug-likeness (QED) is 0.280. The van der Waals surface area contributed by atoms with Gasteiger partial charge in [0.2, 0.25) is 0 Å². The van der Waals surface area contributed by atoms with Gasteiger partial charge >= 0.3 is 0 Å². The third-order valence-corrected chi connectivity index (χ3v) is 5.03. The number of aliphatic hydroxyl groups is 1. The van der Waals surface area contributed by atoms with Crippen LogP contribution in [0.4, 0.5) is 0 Å². The summed E-state index contributed by atoms with van der Waals surface area (Å²) in [7, 11) is 0.